The molecule has 0 saturated carbocycles. The summed E-state index contributed by atoms with van der Waals surface area (Å²) in [7, 11) is 0. The van der Waals surface area contributed by atoms with E-state index in [1.165, 1.54) is 30.0 Å². The zero-order valence-electron chi connectivity index (χ0n) is 15.0. The molecule has 7 heteroatoms. The van der Waals surface area contributed by atoms with Crippen LogP contribution in [0.15, 0.2) is 53.4 Å². The lowest BCUT2D eigenvalue weighted by molar-refractivity contribution is -0.117. The van der Waals surface area contributed by atoms with E-state index in [4.69, 9.17) is 0 Å². The number of anilines is 1. The Kier molecular flexibility index (Phi) is 7.20. The molecule has 3 rings (SSSR count). The molecule has 1 heterocycles. The summed E-state index contributed by atoms with van der Waals surface area (Å²) in [4.78, 5) is 17.2. The van der Waals surface area contributed by atoms with Crippen LogP contribution in [0.4, 0.5) is 14.5 Å². The van der Waals surface area contributed by atoms with Crippen LogP contribution in [0.2, 0.25) is 0 Å². The van der Waals surface area contributed by atoms with E-state index in [-0.39, 0.29) is 17.5 Å². The average molecular weight is 391 g/mol. The van der Waals surface area contributed by atoms with Gasteiger partial charge in [-0.15, -0.1) is 11.8 Å². The maximum atomic E-state index is 13.6. The summed E-state index contributed by atoms with van der Waals surface area (Å²) in [6.45, 7) is 4.56. The van der Waals surface area contributed by atoms with Crippen molar-refractivity contribution >= 4 is 23.4 Å². The number of amides is 1. The van der Waals surface area contributed by atoms with Crippen molar-refractivity contribution in [2.75, 3.05) is 50.3 Å². The van der Waals surface area contributed by atoms with Crippen LogP contribution in [0.1, 0.15) is 0 Å². The molecule has 1 N–H and O–H groups in total. The maximum absolute atomic E-state index is 13.6. The van der Waals surface area contributed by atoms with Gasteiger partial charge in [-0.2, -0.15) is 0 Å². The first-order valence-electron chi connectivity index (χ1n) is 8.97. The average Bonchev–Trinajstić information content (AvgIpc) is 2.65. The number of carbonyl (C=O) groups excluding carboxylic acids is 1. The second-order valence-electron chi connectivity index (χ2n) is 6.46. The van der Waals surface area contributed by atoms with Crippen LogP contribution in [0.25, 0.3) is 0 Å². The molecule has 0 bridgehead atoms. The first-order chi connectivity index (χ1) is 13.1. The molecule has 0 spiro atoms. The number of rotatable bonds is 7. The number of piperazine rings is 1. The zero-order valence-corrected chi connectivity index (χ0v) is 15.9. The molecular formula is C20H23F2N3OS. The molecule has 1 aliphatic heterocycles. The number of carbonyl (C=O) groups is 1. The predicted molar refractivity (Wildman–Crippen MR) is 105 cm³/mol. The minimum atomic E-state index is -0.366. The Morgan fingerprint density at radius 3 is 2.48 bits per heavy atom. The van der Waals surface area contributed by atoms with Gasteiger partial charge < -0.3 is 5.32 Å². The Balaban J connectivity index is 1.35. The van der Waals surface area contributed by atoms with Crippen molar-refractivity contribution in [1.29, 1.82) is 0 Å². The molecule has 0 radical (unpaired) electrons. The molecule has 144 valence electrons. The second kappa shape index (κ2) is 9.82. The normalized spacial score (nSPS) is 15.6. The number of halogens is 2. The predicted octanol–water partition coefficient (Wildman–Crippen LogP) is 3.31. The molecule has 1 saturated heterocycles. The fourth-order valence-corrected chi connectivity index (χ4v) is 3.94. The summed E-state index contributed by atoms with van der Waals surface area (Å²) in [6, 6.07) is 12.7. The largest absolute Gasteiger partial charge is 0.325 e. The van der Waals surface area contributed by atoms with Gasteiger partial charge in [0.2, 0.25) is 5.91 Å². The molecule has 0 unspecified atom stereocenters. The van der Waals surface area contributed by atoms with E-state index in [1.54, 1.807) is 24.3 Å². The fourth-order valence-electron chi connectivity index (χ4n) is 2.99. The van der Waals surface area contributed by atoms with Crippen molar-refractivity contribution < 1.29 is 13.6 Å². The van der Waals surface area contributed by atoms with E-state index in [0.29, 0.717) is 17.1 Å². The topological polar surface area (TPSA) is 35.6 Å². The lowest BCUT2D eigenvalue weighted by atomic mass is 10.3. The highest BCUT2D eigenvalue weighted by Gasteiger charge is 2.19. The maximum Gasteiger partial charge on any atom is 0.238 e. The lowest BCUT2D eigenvalue weighted by Gasteiger charge is -2.34. The molecule has 0 aliphatic carbocycles. The van der Waals surface area contributed by atoms with Gasteiger partial charge in [-0.05, 0) is 30.3 Å². The lowest BCUT2D eigenvalue weighted by Crippen LogP contribution is -2.49. The molecule has 1 amide bonds. The first kappa shape index (κ1) is 19.8. The third-order valence-electron chi connectivity index (χ3n) is 4.44. The number of benzene rings is 2. The number of nitrogens with zero attached hydrogens (tertiary/aromatic N) is 2. The number of hydrogen-bond acceptors (Lipinski definition) is 4. The Morgan fingerprint density at radius 2 is 1.74 bits per heavy atom. The van der Waals surface area contributed by atoms with E-state index < -0.39 is 0 Å². The Bertz CT molecular complexity index is 766. The first-order valence-corrected chi connectivity index (χ1v) is 9.96. The number of thioether (sulfide) groups is 1. The van der Waals surface area contributed by atoms with Crippen LogP contribution >= 0.6 is 11.8 Å². The standard InChI is InChI=1S/C20H23F2N3OS/c21-16-4-3-5-17(14-16)23-20(26)15-25-10-8-24(9-11-25)12-13-27-19-7-2-1-6-18(19)22/h1-7,14H,8-13,15H2,(H,23,26). The molecule has 4 nitrogen and oxygen atoms in total. The molecule has 27 heavy (non-hydrogen) atoms. The van der Waals surface area contributed by atoms with Gasteiger partial charge in [-0.1, -0.05) is 18.2 Å². The molecule has 2 aromatic rings. The van der Waals surface area contributed by atoms with Crippen molar-refractivity contribution in [2.45, 2.75) is 4.90 Å². The summed E-state index contributed by atoms with van der Waals surface area (Å²) in [5, 5.41) is 2.73. The smallest absolute Gasteiger partial charge is 0.238 e. The Morgan fingerprint density at radius 1 is 1.00 bits per heavy atom. The number of nitrogens with one attached hydrogen (secondary N) is 1. The minimum absolute atomic E-state index is 0.135. The van der Waals surface area contributed by atoms with Gasteiger partial charge >= 0.3 is 0 Å². The summed E-state index contributed by atoms with van der Waals surface area (Å²) < 4.78 is 26.8. The van der Waals surface area contributed by atoms with Crippen LogP contribution in [-0.2, 0) is 4.79 Å². The molecule has 1 aliphatic rings. The van der Waals surface area contributed by atoms with E-state index in [1.807, 2.05) is 6.07 Å². The molecule has 1 fully saturated rings. The van der Waals surface area contributed by atoms with Crippen molar-refractivity contribution in [3.05, 3.63) is 60.2 Å². The monoisotopic (exact) mass is 391 g/mol. The minimum Gasteiger partial charge on any atom is -0.325 e. The van der Waals surface area contributed by atoms with Gasteiger partial charge in [-0.3, -0.25) is 14.6 Å². The highest BCUT2D eigenvalue weighted by atomic mass is 32.2. The fraction of sp³-hybridized carbons (Fsp3) is 0.350. The van der Waals surface area contributed by atoms with E-state index in [9.17, 15) is 13.6 Å². The van der Waals surface area contributed by atoms with E-state index in [0.717, 1.165) is 38.5 Å². The highest BCUT2D eigenvalue weighted by molar-refractivity contribution is 7.99. The van der Waals surface area contributed by atoms with Gasteiger partial charge in [0.1, 0.15) is 11.6 Å². The van der Waals surface area contributed by atoms with Crippen LogP contribution < -0.4 is 5.32 Å². The van der Waals surface area contributed by atoms with Gasteiger partial charge in [0.05, 0.1) is 6.54 Å². The molecule has 2 aromatic carbocycles. The summed E-state index contributed by atoms with van der Waals surface area (Å²) in [6.07, 6.45) is 0. The van der Waals surface area contributed by atoms with Gasteiger partial charge in [0, 0.05) is 49.1 Å². The van der Waals surface area contributed by atoms with Crippen molar-refractivity contribution in [1.82, 2.24) is 9.80 Å². The molecule has 0 atom stereocenters. The number of hydrogen-bond donors (Lipinski definition) is 1. The van der Waals surface area contributed by atoms with E-state index in [2.05, 4.69) is 15.1 Å². The third-order valence-corrected chi connectivity index (χ3v) is 5.47. The second-order valence-corrected chi connectivity index (χ2v) is 7.59. The summed E-state index contributed by atoms with van der Waals surface area (Å²) in [5.74, 6) is 0.163. The zero-order chi connectivity index (χ0) is 19.1. The molecule has 0 aromatic heterocycles. The molecular weight excluding hydrogens is 368 g/mol. The van der Waals surface area contributed by atoms with Crippen LogP contribution in [0, 0.1) is 11.6 Å². The Labute approximate surface area is 162 Å². The van der Waals surface area contributed by atoms with Crippen LogP contribution in [0.3, 0.4) is 0 Å². The van der Waals surface area contributed by atoms with Gasteiger partial charge in [0.25, 0.3) is 0 Å². The van der Waals surface area contributed by atoms with Gasteiger partial charge in [0.15, 0.2) is 0 Å². The summed E-state index contributed by atoms with van der Waals surface area (Å²) in [5.41, 5.74) is 0.476. The van der Waals surface area contributed by atoms with E-state index >= 15 is 0 Å². The van der Waals surface area contributed by atoms with Crippen molar-refractivity contribution in [3.63, 3.8) is 0 Å². The van der Waals surface area contributed by atoms with Crippen LogP contribution in [0.5, 0.6) is 0 Å². The highest BCUT2D eigenvalue weighted by Crippen LogP contribution is 2.21. The Hall–Kier alpha value is -1.96. The van der Waals surface area contributed by atoms with Crippen molar-refractivity contribution in [2.24, 2.45) is 0 Å². The van der Waals surface area contributed by atoms with Gasteiger partial charge in [-0.25, -0.2) is 8.78 Å². The quantitative estimate of drug-likeness (QED) is 0.735. The third kappa shape index (κ3) is 6.30. The van der Waals surface area contributed by atoms with Crippen molar-refractivity contribution in [3.8, 4) is 0 Å². The van der Waals surface area contributed by atoms with Crippen LogP contribution in [-0.4, -0.2) is 60.7 Å². The SMILES string of the molecule is O=C(CN1CCN(CCSc2ccccc2F)CC1)Nc1cccc(F)c1. The summed E-state index contributed by atoms with van der Waals surface area (Å²) >= 11 is 1.53.